The van der Waals surface area contributed by atoms with Crippen LogP contribution in [0.4, 0.5) is 0 Å². The largest absolute Gasteiger partial charge is 0.460 e. The lowest BCUT2D eigenvalue weighted by Gasteiger charge is -2.38. The average Bonchev–Trinajstić information content (AvgIpc) is 2.93. The minimum atomic E-state index is -4.93. The number of hydrogen-bond donors (Lipinski definition) is 4. The molecule has 3 rings (SSSR count). The molecule has 0 amide bonds. The minimum Gasteiger partial charge on any atom is -0.460 e. The van der Waals surface area contributed by atoms with Crippen molar-refractivity contribution in [2.75, 3.05) is 0 Å². The van der Waals surface area contributed by atoms with Crippen LogP contribution < -0.4 is 4.74 Å². The zero-order chi connectivity index (χ0) is 19.2. The summed E-state index contributed by atoms with van der Waals surface area (Å²) in [5, 5.41) is 29.6. The monoisotopic (exact) mass is 388 g/mol. The quantitative estimate of drug-likeness (QED) is 0.401. The van der Waals surface area contributed by atoms with Gasteiger partial charge in [-0.05, 0) is 25.1 Å². The summed E-state index contributed by atoms with van der Waals surface area (Å²) in [5.74, 6) is -0.393. The molecular formula is C15H16O10S. The molecule has 11 heteroatoms. The van der Waals surface area contributed by atoms with Gasteiger partial charge in [-0.3, -0.25) is 9.35 Å². The third-order valence-electron chi connectivity index (χ3n) is 3.99. The Hall–Kier alpha value is -2.02. The zero-order valence-electron chi connectivity index (χ0n) is 13.3. The Labute approximate surface area is 147 Å². The first-order chi connectivity index (χ1) is 12.1. The molecule has 142 valence electrons. The lowest BCUT2D eigenvalue weighted by atomic mass is 10.1. The number of ether oxygens (including phenoxy) is 2. The van der Waals surface area contributed by atoms with E-state index >= 15 is 0 Å². The van der Waals surface area contributed by atoms with E-state index in [0.717, 1.165) is 0 Å². The summed E-state index contributed by atoms with van der Waals surface area (Å²) < 4.78 is 47.5. The lowest BCUT2D eigenvalue weighted by molar-refractivity contribution is -0.254. The maximum atomic E-state index is 11.8. The van der Waals surface area contributed by atoms with E-state index in [1.54, 1.807) is 12.1 Å². The molecule has 1 saturated heterocycles. The molecule has 0 aromatic heterocycles. The summed E-state index contributed by atoms with van der Waals surface area (Å²) in [4.78, 5) is 11.8. The number of aliphatic hydroxyl groups excluding tert-OH is 3. The molecule has 0 aromatic carbocycles. The molecule has 26 heavy (non-hydrogen) atoms. The molecule has 5 atom stereocenters. The van der Waals surface area contributed by atoms with Crippen molar-refractivity contribution in [2.45, 2.75) is 37.0 Å². The van der Waals surface area contributed by atoms with Crippen LogP contribution in [0.1, 0.15) is 17.3 Å². The van der Waals surface area contributed by atoms with Crippen LogP contribution in [0.25, 0.3) is 11.3 Å². The number of fused-ring (bicyclic) bond motifs is 1. The van der Waals surface area contributed by atoms with Crippen LogP contribution in [-0.2, 0) is 14.9 Å². The van der Waals surface area contributed by atoms with Gasteiger partial charge in [0.2, 0.25) is 11.7 Å². The van der Waals surface area contributed by atoms with Crippen LogP contribution in [0.3, 0.4) is 0 Å². The van der Waals surface area contributed by atoms with Crippen molar-refractivity contribution in [1.29, 1.82) is 0 Å². The van der Waals surface area contributed by atoms with E-state index in [0.29, 0.717) is 5.56 Å². The van der Waals surface area contributed by atoms with Gasteiger partial charge in [0.25, 0.3) is 10.1 Å². The second-order valence-corrected chi connectivity index (χ2v) is 7.31. The van der Waals surface area contributed by atoms with Crippen LogP contribution in [0.2, 0.25) is 0 Å². The van der Waals surface area contributed by atoms with Crippen LogP contribution in [0, 0.1) is 0 Å². The zero-order valence-corrected chi connectivity index (χ0v) is 14.2. The van der Waals surface area contributed by atoms with Crippen LogP contribution in [0.15, 0.2) is 28.9 Å². The summed E-state index contributed by atoms with van der Waals surface area (Å²) in [6.07, 6.45) is -6.44. The van der Waals surface area contributed by atoms with Gasteiger partial charge in [0.05, 0.1) is 11.8 Å². The number of rotatable bonds is 4. The topological polar surface area (TPSA) is 164 Å². The fourth-order valence-corrected chi connectivity index (χ4v) is 3.45. The molecule has 0 aromatic rings. The number of Topliss-reactive ketones (excluding diaryl/α,β-unsaturated/α-hetero) is 1. The molecule has 3 aliphatic rings. The first-order valence-electron chi connectivity index (χ1n) is 7.45. The molecule has 1 unspecified atom stereocenters. The Morgan fingerprint density at radius 2 is 1.88 bits per heavy atom. The van der Waals surface area contributed by atoms with Gasteiger partial charge >= 0.3 is 0 Å². The number of hydrogen-bond acceptors (Lipinski definition) is 9. The SMILES string of the molecule is CC(=O)c1cc2cccoc-2c1O[C@H]1OC(S(=O)(=O)O)[C@H](O)[C@@H](O)[C@@H]1O. The number of aliphatic hydroxyl groups is 3. The second-order valence-electron chi connectivity index (χ2n) is 5.82. The van der Waals surface area contributed by atoms with E-state index < -0.39 is 45.9 Å². The maximum absolute atomic E-state index is 11.8. The first kappa shape index (κ1) is 18.8. The molecule has 4 N–H and O–H groups in total. The Morgan fingerprint density at radius 1 is 1.19 bits per heavy atom. The van der Waals surface area contributed by atoms with Gasteiger partial charge in [-0.2, -0.15) is 8.42 Å². The normalized spacial score (nSPS) is 29.7. The van der Waals surface area contributed by atoms with E-state index in [-0.39, 0.29) is 17.1 Å². The van der Waals surface area contributed by atoms with E-state index in [9.17, 15) is 28.5 Å². The van der Waals surface area contributed by atoms with E-state index in [1.165, 1.54) is 19.3 Å². The molecule has 1 fully saturated rings. The average molecular weight is 388 g/mol. The highest BCUT2D eigenvalue weighted by Crippen LogP contribution is 2.40. The van der Waals surface area contributed by atoms with Crippen molar-refractivity contribution in [1.82, 2.24) is 0 Å². The summed E-state index contributed by atoms with van der Waals surface area (Å²) in [7, 11) is -4.93. The second kappa shape index (κ2) is 6.61. The van der Waals surface area contributed by atoms with Crippen molar-refractivity contribution in [3.63, 3.8) is 0 Å². The minimum absolute atomic E-state index is 0.0785. The van der Waals surface area contributed by atoms with Gasteiger partial charge in [0, 0.05) is 5.56 Å². The van der Waals surface area contributed by atoms with Crippen LogP contribution in [0.5, 0.6) is 5.75 Å². The standard InChI is InChI=1S/C15H16O10S/c1-6(16)8-5-7-3-2-4-23-12(7)13(8)24-14-10(18)9(17)11(19)15(25-14)26(20,21)22/h2-5,9-11,14-15,17-19H,1H3,(H,20,21,22)/t9-,10-,11+,14-,15?/m0/s1. The van der Waals surface area contributed by atoms with Crippen molar-refractivity contribution < 1.29 is 47.0 Å². The molecule has 10 nitrogen and oxygen atoms in total. The van der Waals surface area contributed by atoms with Gasteiger partial charge in [0.1, 0.15) is 18.3 Å². The highest BCUT2D eigenvalue weighted by Gasteiger charge is 2.50. The molecule has 0 spiro atoms. The lowest BCUT2D eigenvalue weighted by Crippen LogP contribution is -2.61. The molecular weight excluding hydrogens is 372 g/mol. The van der Waals surface area contributed by atoms with Crippen molar-refractivity contribution in [3.8, 4) is 17.1 Å². The number of ketones is 1. The highest BCUT2D eigenvalue weighted by molar-refractivity contribution is 7.86. The van der Waals surface area contributed by atoms with E-state index in [1.807, 2.05) is 0 Å². The molecule has 0 bridgehead atoms. The van der Waals surface area contributed by atoms with Crippen LogP contribution in [-0.4, -0.2) is 64.1 Å². The third kappa shape index (κ3) is 3.20. The van der Waals surface area contributed by atoms with Gasteiger partial charge in [-0.25, -0.2) is 0 Å². The molecule has 1 aliphatic carbocycles. The van der Waals surface area contributed by atoms with Gasteiger partial charge < -0.3 is 29.2 Å². The Balaban J connectivity index is 1.99. The predicted molar refractivity (Wildman–Crippen MR) is 84.2 cm³/mol. The summed E-state index contributed by atoms with van der Waals surface area (Å²) in [6, 6.07) is 4.68. The number of carbonyl (C=O) groups excluding carboxylic acids is 1. The molecule has 2 heterocycles. The fourth-order valence-electron chi connectivity index (χ4n) is 2.69. The Kier molecular flexibility index (Phi) is 4.77. The Morgan fingerprint density at radius 3 is 2.50 bits per heavy atom. The summed E-state index contributed by atoms with van der Waals surface area (Å²) in [5.41, 5.74) is -1.66. The Bertz CT molecular complexity index is 888. The smallest absolute Gasteiger partial charge is 0.295 e. The van der Waals surface area contributed by atoms with Gasteiger partial charge in [0.15, 0.2) is 17.3 Å². The van der Waals surface area contributed by atoms with Crippen LogP contribution >= 0.6 is 0 Å². The van der Waals surface area contributed by atoms with Gasteiger partial charge in [-0.15, -0.1) is 0 Å². The number of carbonyl (C=O) groups is 1. The maximum Gasteiger partial charge on any atom is 0.295 e. The highest BCUT2D eigenvalue weighted by atomic mass is 32.2. The predicted octanol–water partition coefficient (Wildman–Crippen LogP) is -0.381. The molecule has 0 radical (unpaired) electrons. The third-order valence-corrected chi connectivity index (χ3v) is 4.96. The fraction of sp³-hybridized carbons (Fsp3) is 0.400. The van der Waals surface area contributed by atoms with Gasteiger partial charge in [-0.1, -0.05) is 0 Å². The van der Waals surface area contributed by atoms with E-state index in [2.05, 4.69) is 0 Å². The van der Waals surface area contributed by atoms with Crippen molar-refractivity contribution >= 4 is 15.9 Å². The van der Waals surface area contributed by atoms with Crippen molar-refractivity contribution in [2.24, 2.45) is 0 Å². The molecule has 2 aliphatic heterocycles. The summed E-state index contributed by atoms with van der Waals surface area (Å²) in [6.45, 7) is 1.26. The van der Waals surface area contributed by atoms with E-state index in [4.69, 9.17) is 18.4 Å². The molecule has 0 saturated carbocycles. The van der Waals surface area contributed by atoms with Crippen molar-refractivity contribution in [3.05, 3.63) is 30.0 Å². The summed E-state index contributed by atoms with van der Waals surface area (Å²) >= 11 is 0. The first-order valence-corrected chi connectivity index (χ1v) is 8.95.